The molecule has 1 atom stereocenters. The van der Waals surface area contributed by atoms with Gasteiger partial charge in [0.1, 0.15) is 0 Å². The fourth-order valence-electron chi connectivity index (χ4n) is 1.81. The molecule has 1 amide bonds. The number of carbonyl (C=O) groups excluding carboxylic acids is 1. The van der Waals surface area contributed by atoms with Crippen LogP contribution in [0.4, 0.5) is 18.0 Å². The maximum absolute atomic E-state index is 12.6. The zero-order valence-electron chi connectivity index (χ0n) is 9.16. The monoisotopic (exact) mass is 261 g/mol. The third kappa shape index (κ3) is 2.56. The van der Waals surface area contributed by atoms with E-state index in [2.05, 4.69) is 0 Å². The van der Waals surface area contributed by atoms with Crippen LogP contribution in [-0.2, 0) is 22.3 Å². The lowest BCUT2D eigenvalue weighted by atomic mass is 9.98. The van der Waals surface area contributed by atoms with Crippen molar-refractivity contribution in [1.82, 2.24) is 0 Å². The first kappa shape index (κ1) is 12.7. The third-order valence-corrected chi connectivity index (χ3v) is 2.61. The Morgan fingerprint density at radius 2 is 2.17 bits per heavy atom. The van der Waals surface area contributed by atoms with Crippen LogP contribution in [0.3, 0.4) is 0 Å². The number of alkyl halides is 3. The molecule has 0 fully saturated rings. The number of nitrogens with two attached hydrogens (primary N) is 1. The van der Waals surface area contributed by atoms with E-state index >= 15 is 0 Å². The van der Waals surface area contributed by atoms with Crippen LogP contribution in [0.1, 0.15) is 22.8 Å². The summed E-state index contributed by atoms with van der Waals surface area (Å²) in [5.41, 5.74) is 4.92. The number of carbonyl (C=O) groups is 1. The molecule has 0 spiro atoms. The van der Waals surface area contributed by atoms with Gasteiger partial charge >= 0.3 is 12.3 Å². The summed E-state index contributed by atoms with van der Waals surface area (Å²) in [5, 5.41) is 0. The van der Waals surface area contributed by atoms with Gasteiger partial charge in [0.05, 0.1) is 18.8 Å². The molecule has 98 valence electrons. The Labute approximate surface area is 100 Å². The van der Waals surface area contributed by atoms with Gasteiger partial charge in [0.15, 0.2) is 6.10 Å². The number of benzene rings is 1. The van der Waals surface area contributed by atoms with Crippen molar-refractivity contribution in [2.24, 2.45) is 5.73 Å². The van der Waals surface area contributed by atoms with E-state index in [1.807, 2.05) is 0 Å². The molecule has 4 nitrogen and oxygen atoms in total. The topological polar surface area (TPSA) is 61.6 Å². The van der Waals surface area contributed by atoms with Gasteiger partial charge in [-0.25, -0.2) is 4.79 Å². The number of rotatable bonds is 1. The van der Waals surface area contributed by atoms with Crippen molar-refractivity contribution in [2.75, 3.05) is 6.61 Å². The van der Waals surface area contributed by atoms with Gasteiger partial charge in [-0.05, 0) is 17.7 Å². The summed E-state index contributed by atoms with van der Waals surface area (Å²) in [6.07, 6.45) is -6.38. The molecule has 1 heterocycles. The molecule has 0 bridgehead atoms. The molecule has 2 N–H and O–H groups in total. The highest BCUT2D eigenvalue weighted by Gasteiger charge is 2.33. The average molecular weight is 261 g/mol. The Kier molecular flexibility index (Phi) is 3.16. The van der Waals surface area contributed by atoms with Crippen molar-refractivity contribution >= 4 is 6.09 Å². The molecule has 1 aliphatic heterocycles. The summed E-state index contributed by atoms with van der Waals surface area (Å²) in [7, 11) is 0. The molecule has 0 radical (unpaired) electrons. The highest BCUT2D eigenvalue weighted by molar-refractivity contribution is 5.65. The standard InChI is InChI=1S/C11H10F3NO3/c12-11(13,14)7-2-1-6-4-17-5-9(8(6)3-7)18-10(15)16/h1-3,9H,4-5H2,(H2,15,16). The molecule has 2 rings (SSSR count). The van der Waals surface area contributed by atoms with Crippen LogP contribution >= 0.6 is 0 Å². The van der Waals surface area contributed by atoms with Crippen molar-refractivity contribution in [1.29, 1.82) is 0 Å². The number of hydrogen-bond donors (Lipinski definition) is 1. The van der Waals surface area contributed by atoms with Gasteiger partial charge in [0, 0.05) is 5.56 Å². The molecule has 1 unspecified atom stereocenters. The van der Waals surface area contributed by atoms with Crippen molar-refractivity contribution in [3.63, 3.8) is 0 Å². The first-order valence-corrected chi connectivity index (χ1v) is 5.12. The second-order valence-electron chi connectivity index (χ2n) is 3.85. The minimum Gasteiger partial charge on any atom is -0.439 e. The molecule has 7 heteroatoms. The van der Waals surface area contributed by atoms with Crippen molar-refractivity contribution in [3.05, 3.63) is 34.9 Å². The van der Waals surface area contributed by atoms with Crippen LogP contribution in [0.5, 0.6) is 0 Å². The first-order chi connectivity index (χ1) is 8.38. The fraction of sp³-hybridized carbons (Fsp3) is 0.364. The number of fused-ring (bicyclic) bond motifs is 1. The summed E-state index contributed by atoms with van der Waals surface area (Å²) >= 11 is 0. The van der Waals surface area contributed by atoms with Gasteiger partial charge < -0.3 is 15.2 Å². The van der Waals surface area contributed by atoms with E-state index in [1.165, 1.54) is 6.07 Å². The molecule has 1 aliphatic rings. The summed E-state index contributed by atoms with van der Waals surface area (Å²) < 4.78 is 47.6. The van der Waals surface area contributed by atoms with E-state index in [0.717, 1.165) is 12.1 Å². The minimum atomic E-state index is -4.44. The minimum absolute atomic E-state index is 0.00273. The predicted octanol–water partition coefficient (Wildman–Crippen LogP) is 2.37. The van der Waals surface area contributed by atoms with E-state index in [0.29, 0.717) is 5.56 Å². The van der Waals surface area contributed by atoms with Gasteiger partial charge in [-0.15, -0.1) is 0 Å². The lowest BCUT2D eigenvalue weighted by molar-refractivity contribution is -0.137. The number of halogens is 3. The Morgan fingerprint density at radius 1 is 1.44 bits per heavy atom. The first-order valence-electron chi connectivity index (χ1n) is 5.12. The highest BCUT2D eigenvalue weighted by atomic mass is 19.4. The second kappa shape index (κ2) is 4.49. The molecule has 1 aromatic rings. The van der Waals surface area contributed by atoms with Crippen LogP contribution in [-0.4, -0.2) is 12.7 Å². The van der Waals surface area contributed by atoms with Gasteiger partial charge in [-0.2, -0.15) is 13.2 Å². The third-order valence-electron chi connectivity index (χ3n) is 2.61. The SMILES string of the molecule is NC(=O)OC1COCc2ccc(C(F)(F)F)cc21. The maximum Gasteiger partial charge on any atom is 0.416 e. The smallest absolute Gasteiger partial charge is 0.416 e. The number of hydrogen-bond acceptors (Lipinski definition) is 3. The van der Waals surface area contributed by atoms with Crippen molar-refractivity contribution < 1.29 is 27.4 Å². The van der Waals surface area contributed by atoms with Crippen molar-refractivity contribution in [3.8, 4) is 0 Å². The van der Waals surface area contributed by atoms with E-state index < -0.39 is 23.9 Å². The number of primary amides is 1. The molecule has 0 saturated heterocycles. The van der Waals surface area contributed by atoms with Crippen LogP contribution in [0.2, 0.25) is 0 Å². The van der Waals surface area contributed by atoms with Gasteiger partial charge in [0.25, 0.3) is 0 Å². The molecule has 1 aromatic carbocycles. The Morgan fingerprint density at radius 3 is 2.78 bits per heavy atom. The van der Waals surface area contributed by atoms with Crippen molar-refractivity contribution in [2.45, 2.75) is 18.9 Å². The predicted molar refractivity (Wildman–Crippen MR) is 54.5 cm³/mol. The summed E-state index contributed by atoms with van der Waals surface area (Å²) in [6.45, 7) is 0.184. The Balaban J connectivity index is 2.38. The molecule has 18 heavy (non-hydrogen) atoms. The molecule has 0 aromatic heterocycles. The van der Waals surface area contributed by atoms with Gasteiger partial charge in [0.2, 0.25) is 0 Å². The number of amides is 1. The van der Waals surface area contributed by atoms with Crippen LogP contribution in [0.25, 0.3) is 0 Å². The maximum atomic E-state index is 12.6. The molecule has 0 aliphatic carbocycles. The van der Waals surface area contributed by atoms with E-state index in [4.69, 9.17) is 15.2 Å². The van der Waals surface area contributed by atoms with Crippen LogP contribution < -0.4 is 5.73 Å². The largest absolute Gasteiger partial charge is 0.439 e. The zero-order valence-corrected chi connectivity index (χ0v) is 9.16. The normalized spacial score (nSPS) is 19.2. The van der Waals surface area contributed by atoms with Crippen LogP contribution in [0, 0.1) is 0 Å². The van der Waals surface area contributed by atoms with Gasteiger partial charge in [-0.3, -0.25) is 0 Å². The average Bonchev–Trinajstić information content (AvgIpc) is 2.27. The molecule has 0 saturated carbocycles. The molecular formula is C11H10F3NO3. The van der Waals surface area contributed by atoms with E-state index in [-0.39, 0.29) is 18.8 Å². The second-order valence-corrected chi connectivity index (χ2v) is 3.85. The summed E-state index contributed by atoms with van der Waals surface area (Å²) in [4.78, 5) is 10.7. The van der Waals surface area contributed by atoms with Gasteiger partial charge in [-0.1, -0.05) is 6.07 Å². The Hall–Kier alpha value is -1.76. The van der Waals surface area contributed by atoms with E-state index in [1.54, 1.807) is 0 Å². The summed E-state index contributed by atoms with van der Waals surface area (Å²) in [6, 6.07) is 3.25. The van der Waals surface area contributed by atoms with E-state index in [9.17, 15) is 18.0 Å². The number of ether oxygens (including phenoxy) is 2. The highest BCUT2D eigenvalue weighted by Crippen LogP contribution is 2.35. The quantitative estimate of drug-likeness (QED) is 0.844. The lowest BCUT2D eigenvalue weighted by Crippen LogP contribution is -2.25. The van der Waals surface area contributed by atoms with Crippen LogP contribution in [0.15, 0.2) is 18.2 Å². The molecular weight excluding hydrogens is 251 g/mol. The fourth-order valence-corrected chi connectivity index (χ4v) is 1.81. The lowest BCUT2D eigenvalue weighted by Gasteiger charge is -2.25. The zero-order chi connectivity index (χ0) is 13.3. The Bertz CT molecular complexity index is 473. The summed E-state index contributed by atoms with van der Waals surface area (Å²) in [5.74, 6) is 0.